The highest BCUT2D eigenvalue weighted by atomic mass is 79.9. The van der Waals surface area contributed by atoms with Crippen molar-refractivity contribution in [3.8, 4) is 5.75 Å². The number of hydrogen-bond donors (Lipinski definition) is 0. The molecule has 0 heterocycles. The van der Waals surface area contributed by atoms with E-state index in [0.29, 0.717) is 18.1 Å². The molecule has 0 unspecified atom stereocenters. The lowest BCUT2D eigenvalue weighted by atomic mass is 10.0. The number of benzene rings is 1. The fourth-order valence-electron chi connectivity index (χ4n) is 1.81. The van der Waals surface area contributed by atoms with Gasteiger partial charge in [0, 0.05) is 16.8 Å². The Morgan fingerprint density at radius 1 is 1.50 bits per heavy atom. The zero-order chi connectivity index (χ0) is 11.5. The number of methoxy groups -OCH3 is 1. The monoisotopic (exact) mass is 282 g/mol. The van der Waals surface area contributed by atoms with Crippen molar-refractivity contribution in [3.05, 3.63) is 28.2 Å². The minimum atomic E-state index is 0.359. The first-order valence-electron chi connectivity index (χ1n) is 5.56. The Morgan fingerprint density at radius 2 is 2.25 bits per heavy atom. The molecule has 0 N–H and O–H groups in total. The molecule has 1 aromatic carbocycles. The lowest BCUT2D eigenvalue weighted by molar-refractivity contribution is -0.120. The molecule has 1 aliphatic rings. The van der Waals surface area contributed by atoms with E-state index in [9.17, 15) is 4.79 Å². The lowest BCUT2D eigenvalue weighted by Crippen LogP contribution is -2.03. The molecule has 0 saturated heterocycles. The summed E-state index contributed by atoms with van der Waals surface area (Å²) in [6.45, 7) is 0. The van der Waals surface area contributed by atoms with Gasteiger partial charge in [-0.1, -0.05) is 15.9 Å². The van der Waals surface area contributed by atoms with Crippen LogP contribution in [-0.2, 0) is 11.2 Å². The predicted octanol–water partition coefficient (Wildman–Crippen LogP) is 3.37. The van der Waals surface area contributed by atoms with Crippen LogP contribution in [0.4, 0.5) is 0 Å². The molecule has 86 valence electrons. The Bertz CT molecular complexity index is 397. The molecule has 1 saturated carbocycles. The second-order valence-corrected chi connectivity index (χ2v) is 5.11. The summed E-state index contributed by atoms with van der Waals surface area (Å²) in [5.41, 5.74) is 1.10. The second-order valence-electron chi connectivity index (χ2n) is 4.20. The number of aryl methyl sites for hydroxylation is 1. The number of halogens is 1. The van der Waals surface area contributed by atoms with Crippen LogP contribution in [0.25, 0.3) is 0 Å². The van der Waals surface area contributed by atoms with Crippen molar-refractivity contribution in [1.29, 1.82) is 0 Å². The minimum Gasteiger partial charge on any atom is -0.496 e. The largest absolute Gasteiger partial charge is 0.496 e. The average molecular weight is 283 g/mol. The van der Waals surface area contributed by atoms with Crippen LogP contribution in [0.5, 0.6) is 5.75 Å². The molecule has 0 bridgehead atoms. The van der Waals surface area contributed by atoms with E-state index in [1.54, 1.807) is 7.11 Å². The lowest BCUT2D eigenvalue weighted by Gasteiger charge is -2.08. The molecule has 0 atom stereocenters. The summed E-state index contributed by atoms with van der Waals surface area (Å²) in [7, 11) is 1.66. The third-order valence-electron chi connectivity index (χ3n) is 2.92. The number of rotatable bonds is 5. The SMILES string of the molecule is COc1ccc(Br)cc1CCC(=O)C1CC1. The third-order valence-corrected chi connectivity index (χ3v) is 3.41. The first-order chi connectivity index (χ1) is 7.70. The van der Waals surface area contributed by atoms with Crippen molar-refractivity contribution in [1.82, 2.24) is 0 Å². The van der Waals surface area contributed by atoms with Crippen LogP contribution < -0.4 is 4.74 Å². The van der Waals surface area contributed by atoms with Crippen molar-refractivity contribution < 1.29 is 9.53 Å². The van der Waals surface area contributed by atoms with E-state index in [-0.39, 0.29) is 0 Å². The number of hydrogen-bond acceptors (Lipinski definition) is 2. The van der Waals surface area contributed by atoms with Gasteiger partial charge in [-0.05, 0) is 43.0 Å². The van der Waals surface area contributed by atoms with E-state index >= 15 is 0 Å². The Labute approximate surface area is 104 Å². The van der Waals surface area contributed by atoms with Crippen molar-refractivity contribution in [2.45, 2.75) is 25.7 Å². The molecule has 1 aliphatic carbocycles. The predicted molar refractivity (Wildman–Crippen MR) is 66.7 cm³/mol. The summed E-state index contributed by atoms with van der Waals surface area (Å²) in [5.74, 6) is 1.63. The topological polar surface area (TPSA) is 26.3 Å². The minimum absolute atomic E-state index is 0.359. The molecular weight excluding hydrogens is 268 g/mol. The molecule has 0 radical (unpaired) electrons. The van der Waals surface area contributed by atoms with Gasteiger partial charge in [0.2, 0.25) is 0 Å². The van der Waals surface area contributed by atoms with Crippen molar-refractivity contribution in [3.63, 3.8) is 0 Å². The van der Waals surface area contributed by atoms with E-state index in [0.717, 1.165) is 35.0 Å². The molecule has 1 aromatic rings. The van der Waals surface area contributed by atoms with E-state index in [1.807, 2.05) is 18.2 Å². The maximum absolute atomic E-state index is 11.6. The first-order valence-corrected chi connectivity index (χ1v) is 6.35. The van der Waals surface area contributed by atoms with Crippen LogP contribution in [0.2, 0.25) is 0 Å². The Hall–Kier alpha value is -0.830. The van der Waals surface area contributed by atoms with Crippen LogP contribution in [-0.4, -0.2) is 12.9 Å². The van der Waals surface area contributed by atoms with E-state index in [2.05, 4.69) is 15.9 Å². The normalized spacial score (nSPS) is 14.9. The number of carbonyl (C=O) groups excluding carboxylic acids is 1. The van der Waals surface area contributed by atoms with Gasteiger partial charge in [-0.2, -0.15) is 0 Å². The van der Waals surface area contributed by atoms with Crippen LogP contribution in [0.15, 0.2) is 22.7 Å². The molecule has 1 fully saturated rings. The zero-order valence-corrected chi connectivity index (χ0v) is 10.9. The van der Waals surface area contributed by atoms with E-state index in [1.165, 1.54) is 0 Å². The number of ether oxygens (including phenoxy) is 1. The van der Waals surface area contributed by atoms with Gasteiger partial charge in [-0.3, -0.25) is 4.79 Å². The van der Waals surface area contributed by atoms with E-state index < -0.39 is 0 Å². The van der Waals surface area contributed by atoms with Gasteiger partial charge in [0.05, 0.1) is 7.11 Å². The highest BCUT2D eigenvalue weighted by Crippen LogP contribution is 2.32. The van der Waals surface area contributed by atoms with Gasteiger partial charge in [-0.25, -0.2) is 0 Å². The van der Waals surface area contributed by atoms with Crippen molar-refractivity contribution in [2.24, 2.45) is 5.92 Å². The molecule has 3 heteroatoms. The molecular formula is C13H15BrO2. The van der Waals surface area contributed by atoms with Gasteiger partial charge in [0.15, 0.2) is 0 Å². The van der Waals surface area contributed by atoms with Gasteiger partial charge in [0.1, 0.15) is 11.5 Å². The van der Waals surface area contributed by atoms with Crippen molar-refractivity contribution >= 4 is 21.7 Å². The number of ketones is 1. The summed E-state index contributed by atoms with van der Waals surface area (Å²) >= 11 is 3.43. The highest BCUT2D eigenvalue weighted by molar-refractivity contribution is 9.10. The van der Waals surface area contributed by atoms with Crippen LogP contribution in [0.1, 0.15) is 24.8 Å². The van der Waals surface area contributed by atoms with Crippen LogP contribution >= 0.6 is 15.9 Å². The highest BCUT2D eigenvalue weighted by Gasteiger charge is 2.28. The van der Waals surface area contributed by atoms with Crippen LogP contribution in [0.3, 0.4) is 0 Å². The summed E-state index contributed by atoms with van der Waals surface area (Å²) in [6.07, 6.45) is 3.60. The molecule has 0 aliphatic heterocycles. The van der Waals surface area contributed by atoms with Gasteiger partial charge in [0.25, 0.3) is 0 Å². The maximum Gasteiger partial charge on any atom is 0.136 e. The summed E-state index contributed by atoms with van der Waals surface area (Å²) < 4.78 is 6.31. The molecule has 2 rings (SSSR count). The van der Waals surface area contributed by atoms with Gasteiger partial charge in [-0.15, -0.1) is 0 Å². The Kier molecular flexibility index (Phi) is 3.64. The fourth-order valence-corrected chi connectivity index (χ4v) is 2.22. The number of carbonyl (C=O) groups is 1. The molecule has 16 heavy (non-hydrogen) atoms. The maximum atomic E-state index is 11.6. The average Bonchev–Trinajstić information content (AvgIpc) is 3.10. The molecule has 0 amide bonds. The molecule has 0 aromatic heterocycles. The fraction of sp³-hybridized carbons (Fsp3) is 0.462. The first kappa shape index (κ1) is 11.6. The summed E-state index contributed by atoms with van der Waals surface area (Å²) in [4.78, 5) is 11.6. The zero-order valence-electron chi connectivity index (χ0n) is 9.33. The second kappa shape index (κ2) is 5.00. The Balaban J connectivity index is 2.01. The molecule has 0 spiro atoms. The van der Waals surface area contributed by atoms with Gasteiger partial charge >= 0.3 is 0 Å². The Morgan fingerprint density at radius 3 is 2.88 bits per heavy atom. The standard InChI is InChI=1S/C13H15BrO2/c1-16-13-7-5-11(14)8-10(13)4-6-12(15)9-2-3-9/h5,7-9H,2-4,6H2,1H3. The van der Waals surface area contributed by atoms with E-state index in [4.69, 9.17) is 4.74 Å². The smallest absolute Gasteiger partial charge is 0.136 e. The summed E-state index contributed by atoms with van der Waals surface area (Å²) in [6, 6.07) is 5.91. The van der Waals surface area contributed by atoms with Crippen LogP contribution in [0, 0.1) is 5.92 Å². The summed E-state index contributed by atoms with van der Waals surface area (Å²) in [5, 5.41) is 0. The van der Waals surface area contributed by atoms with Gasteiger partial charge < -0.3 is 4.74 Å². The third kappa shape index (κ3) is 2.85. The molecule has 2 nitrogen and oxygen atoms in total. The van der Waals surface area contributed by atoms with Crippen molar-refractivity contribution in [2.75, 3.05) is 7.11 Å². The quantitative estimate of drug-likeness (QED) is 0.828. The number of Topliss-reactive ketones (excluding diaryl/α,β-unsaturated/α-hetero) is 1.